The number of nitrogens with zero attached hydrogens (tertiary/aromatic N) is 5. The number of benzene rings is 2. The molecule has 0 amide bonds. The highest BCUT2D eigenvalue weighted by atomic mass is 127. The molecule has 2 N–H and O–H groups in total. The molecule has 0 bridgehead atoms. The summed E-state index contributed by atoms with van der Waals surface area (Å²) in [6.07, 6.45) is 10.3. The van der Waals surface area contributed by atoms with Gasteiger partial charge in [0.2, 0.25) is 17.8 Å². The number of hydrazone groups is 1. The minimum absolute atomic E-state index is 0.147. The Hall–Kier alpha value is -3.66. The summed E-state index contributed by atoms with van der Waals surface area (Å²) in [7, 11) is 1.57. The standard InChI is InChI=1S/C25H25FIN7O2/c1-3-13-36-22-20(27)14-17(15-21(22)35-2)16-28-33-24-30-23(29-19-9-7-18(26)8-10-19)31-25(32-24)34-11-5-4-6-12-34/h1,7-10,14-16H,4-6,11-13H2,2H3,(H2,29,30,31,32,33)/b28-16-. The monoisotopic (exact) mass is 601 g/mol. The van der Waals surface area contributed by atoms with E-state index < -0.39 is 0 Å². The predicted octanol–water partition coefficient (Wildman–Crippen LogP) is 4.82. The highest BCUT2D eigenvalue weighted by molar-refractivity contribution is 14.1. The number of anilines is 4. The van der Waals surface area contributed by atoms with Crippen LogP contribution >= 0.6 is 22.6 Å². The first-order chi connectivity index (χ1) is 17.6. The Labute approximate surface area is 222 Å². The molecular weight excluding hydrogens is 576 g/mol. The first kappa shape index (κ1) is 25.4. The molecule has 0 atom stereocenters. The smallest absolute Gasteiger partial charge is 0.250 e. The normalized spacial score (nSPS) is 13.3. The van der Waals surface area contributed by atoms with Gasteiger partial charge in [-0.15, -0.1) is 6.42 Å². The van der Waals surface area contributed by atoms with Gasteiger partial charge in [0.05, 0.1) is 16.9 Å². The third-order valence-electron chi connectivity index (χ3n) is 5.29. The van der Waals surface area contributed by atoms with Crippen LogP contribution in [0.1, 0.15) is 24.8 Å². The van der Waals surface area contributed by atoms with Gasteiger partial charge in [-0.3, -0.25) is 0 Å². The first-order valence-corrected chi connectivity index (χ1v) is 12.4. The summed E-state index contributed by atoms with van der Waals surface area (Å²) in [5.74, 6) is 4.44. The van der Waals surface area contributed by atoms with Crippen molar-refractivity contribution in [2.75, 3.05) is 42.4 Å². The van der Waals surface area contributed by atoms with Gasteiger partial charge in [0.1, 0.15) is 12.4 Å². The second-order valence-electron chi connectivity index (χ2n) is 7.86. The number of rotatable bonds is 9. The van der Waals surface area contributed by atoms with Crippen molar-refractivity contribution in [1.82, 2.24) is 15.0 Å². The fourth-order valence-corrected chi connectivity index (χ4v) is 4.38. The van der Waals surface area contributed by atoms with E-state index in [1.807, 2.05) is 6.07 Å². The fourth-order valence-electron chi connectivity index (χ4n) is 3.60. The van der Waals surface area contributed by atoms with Gasteiger partial charge in [-0.2, -0.15) is 20.1 Å². The molecule has 2 aromatic carbocycles. The molecule has 0 radical (unpaired) electrons. The number of ether oxygens (including phenoxy) is 2. The lowest BCUT2D eigenvalue weighted by Crippen LogP contribution is -2.31. The first-order valence-electron chi connectivity index (χ1n) is 11.3. The Kier molecular flexibility index (Phi) is 8.72. The van der Waals surface area contributed by atoms with E-state index in [0.717, 1.165) is 35.1 Å². The van der Waals surface area contributed by atoms with Gasteiger partial charge in [-0.05, 0) is 83.8 Å². The van der Waals surface area contributed by atoms with Crippen LogP contribution in [0.15, 0.2) is 41.5 Å². The molecule has 3 aromatic rings. The van der Waals surface area contributed by atoms with Crippen LogP contribution in [0.25, 0.3) is 0 Å². The third kappa shape index (κ3) is 6.72. The van der Waals surface area contributed by atoms with Crippen molar-refractivity contribution in [3.63, 3.8) is 0 Å². The molecule has 0 unspecified atom stereocenters. The van der Waals surface area contributed by atoms with Crippen molar-refractivity contribution >= 4 is 52.3 Å². The zero-order valence-corrected chi connectivity index (χ0v) is 21.8. The number of methoxy groups -OCH3 is 1. The van der Waals surface area contributed by atoms with Crippen molar-refractivity contribution in [2.24, 2.45) is 5.10 Å². The zero-order chi connectivity index (χ0) is 25.3. The van der Waals surface area contributed by atoms with Gasteiger partial charge in [0.25, 0.3) is 0 Å². The van der Waals surface area contributed by atoms with Crippen molar-refractivity contribution in [3.05, 3.63) is 51.3 Å². The van der Waals surface area contributed by atoms with E-state index in [1.165, 1.54) is 18.6 Å². The molecule has 1 aliphatic rings. The summed E-state index contributed by atoms with van der Waals surface area (Å²) < 4.78 is 25.2. The maximum absolute atomic E-state index is 13.3. The minimum atomic E-state index is -0.316. The lowest BCUT2D eigenvalue weighted by Gasteiger charge is -2.26. The maximum atomic E-state index is 13.3. The molecule has 0 saturated carbocycles. The Morgan fingerprint density at radius 2 is 1.89 bits per heavy atom. The Balaban J connectivity index is 1.55. The molecule has 1 saturated heterocycles. The van der Waals surface area contributed by atoms with Gasteiger partial charge >= 0.3 is 0 Å². The predicted molar refractivity (Wildman–Crippen MR) is 147 cm³/mol. The summed E-state index contributed by atoms with van der Waals surface area (Å²) in [5, 5.41) is 7.42. The van der Waals surface area contributed by atoms with Crippen molar-refractivity contribution in [3.8, 4) is 23.8 Å². The van der Waals surface area contributed by atoms with Crippen LogP contribution < -0.4 is 25.1 Å². The molecule has 2 heterocycles. The molecule has 0 spiro atoms. The number of halogens is 2. The van der Waals surface area contributed by atoms with Gasteiger partial charge < -0.3 is 19.7 Å². The molecule has 4 rings (SSSR count). The van der Waals surface area contributed by atoms with E-state index in [0.29, 0.717) is 29.1 Å². The number of aromatic nitrogens is 3. The van der Waals surface area contributed by atoms with Crippen LogP contribution in [0.5, 0.6) is 11.5 Å². The molecule has 9 nitrogen and oxygen atoms in total. The molecule has 11 heteroatoms. The highest BCUT2D eigenvalue weighted by Gasteiger charge is 2.17. The highest BCUT2D eigenvalue weighted by Crippen LogP contribution is 2.33. The van der Waals surface area contributed by atoms with Gasteiger partial charge in [0.15, 0.2) is 11.5 Å². The maximum Gasteiger partial charge on any atom is 0.250 e. The molecule has 1 aliphatic heterocycles. The number of piperidine rings is 1. The molecule has 1 aromatic heterocycles. The molecule has 36 heavy (non-hydrogen) atoms. The topological polar surface area (TPSA) is 96.8 Å². The SMILES string of the molecule is C#CCOc1c(I)cc(/C=N\Nc2nc(Nc3ccc(F)cc3)nc(N3CCCCC3)n2)cc1OC. The van der Waals surface area contributed by atoms with Crippen molar-refractivity contribution in [1.29, 1.82) is 0 Å². The Morgan fingerprint density at radius 3 is 2.61 bits per heavy atom. The van der Waals surface area contributed by atoms with E-state index in [-0.39, 0.29) is 18.4 Å². The lowest BCUT2D eigenvalue weighted by atomic mass is 10.1. The van der Waals surface area contributed by atoms with E-state index in [1.54, 1.807) is 31.5 Å². The summed E-state index contributed by atoms with van der Waals surface area (Å²) in [4.78, 5) is 15.7. The van der Waals surface area contributed by atoms with Crippen LogP contribution in [-0.2, 0) is 0 Å². The van der Waals surface area contributed by atoms with Gasteiger partial charge in [0, 0.05) is 18.8 Å². The number of hydrogen-bond donors (Lipinski definition) is 2. The Morgan fingerprint density at radius 1 is 1.14 bits per heavy atom. The van der Waals surface area contributed by atoms with Crippen molar-refractivity contribution < 1.29 is 13.9 Å². The molecule has 1 fully saturated rings. The quantitative estimate of drug-likeness (QED) is 0.156. The van der Waals surface area contributed by atoms with Gasteiger partial charge in [-0.1, -0.05) is 5.92 Å². The summed E-state index contributed by atoms with van der Waals surface area (Å²) in [5.41, 5.74) is 4.34. The second-order valence-corrected chi connectivity index (χ2v) is 9.02. The average Bonchev–Trinajstić information content (AvgIpc) is 2.89. The molecule has 0 aliphatic carbocycles. The summed E-state index contributed by atoms with van der Waals surface area (Å²) >= 11 is 2.16. The van der Waals surface area contributed by atoms with Crippen LogP contribution in [-0.4, -0.2) is 48.0 Å². The molecular formula is C25H25FIN7O2. The number of terminal acetylenes is 1. The van der Waals surface area contributed by atoms with Crippen LogP contribution in [0.4, 0.5) is 27.9 Å². The van der Waals surface area contributed by atoms with E-state index in [2.05, 4.69) is 64.2 Å². The second kappa shape index (κ2) is 12.3. The van der Waals surface area contributed by atoms with Crippen LogP contribution in [0, 0.1) is 21.7 Å². The average molecular weight is 601 g/mol. The van der Waals surface area contributed by atoms with E-state index >= 15 is 0 Å². The minimum Gasteiger partial charge on any atom is -0.493 e. The summed E-state index contributed by atoms with van der Waals surface area (Å²) in [6.45, 7) is 1.89. The van der Waals surface area contributed by atoms with E-state index in [9.17, 15) is 4.39 Å². The van der Waals surface area contributed by atoms with Gasteiger partial charge in [-0.25, -0.2) is 9.82 Å². The van der Waals surface area contributed by atoms with Crippen molar-refractivity contribution in [2.45, 2.75) is 19.3 Å². The summed E-state index contributed by atoms with van der Waals surface area (Å²) in [6, 6.07) is 9.68. The van der Waals surface area contributed by atoms with E-state index in [4.69, 9.17) is 15.9 Å². The fraction of sp³-hybridized carbons (Fsp3) is 0.280. The molecule has 186 valence electrons. The van der Waals surface area contributed by atoms with Crippen LogP contribution in [0.3, 0.4) is 0 Å². The largest absolute Gasteiger partial charge is 0.493 e. The third-order valence-corrected chi connectivity index (χ3v) is 6.09. The zero-order valence-electron chi connectivity index (χ0n) is 19.7. The van der Waals surface area contributed by atoms with Crippen LogP contribution in [0.2, 0.25) is 0 Å². The lowest BCUT2D eigenvalue weighted by molar-refractivity contribution is 0.328. The Bertz CT molecular complexity index is 1260. The number of nitrogens with one attached hydrogen (secondary N) is 2. The number of hydrogen-bond acceptors (Lipinski definition) is 9.